The number of rotatable bonds is 3. The molecule has 1 heterocycles. The van der Waals surface area contributed by atoms with Crippen molar-refractivity contribution >= 4 is 23.1 Å². The van der Waals surface area contributed by atoms with Gasteiger partial charge in [-0.2, -0.15) is 0 Å². The Morgan fingerprint density at radius 1 is 0.929 bits per heavy atom. The molecule has 3 aromatic rings. The molecule has 0 aromatic heterocycles. The molecule has 1 aliphatic rings. The van der Waals surface area contributed by atoms with E-state index in [1.807, 2.05) is 55.5 Å². The highest BCUT2D eigenvalue weighted by molar-refractivity contribution is 6.03. The number of hydrogen-bond donors (Lipinski definition) is 2. The highest BCUT2D eigenvalue weighted by Crippen LogP contribution is 2.39. The molecule has 3 aromatic carbocycles. The summed E-state index contributed by atoms with van der Waals surface area (Å²) in [6, 6.07) is 23.7. The lowest BCUT2D eigenvalue weighted by Crippen LogP contribution is -2.46. The van der Waals surface area contributed by atoms with Crippen LogP contribution in [0, 0.1) is 5.82 Å². The summed E-state index contributed by atoms with van der Waals surface area (Å²) < 4.78 is 13.1. The van der Waals surface area contributed by atoms with Gasteiger partial charge in [-0.15, -0.1) is 0 Å². The van der Waals surface area contributed by atoms with E-state index in [1.54, 1.807) is 17.0 Å². The SMILES string of the molecule is CC1CC(Nc2ccccc2)c2ccccc2N1C(=O)Nc1ccc(F)cc1. The fourth-order valence-electron chi connectivity index (χ4n) is 3.71. The number of benzene rings is 3. The Morgan fingerprint density at radius 2 is 1.61 bits per heavy atom. The van der Waals surface area contributed by atoms with Gasteiger partial charge in [-0.25, -0.2) is 9.18 Å². The molecule has 0 saturated heterocycles. The van der Waals surface area contributed by atoms with Crippen molar-refractivity contribution in [1.82, 2.24) is 0 Å². The van der Waals surface area contributed by atoms with Gasteiger partial charge in [-0.05, 0) is 61.4 Å². The van der Waals surface area contributed by atoms with Gasteiger partial charge in [0.2, 0.25) is 0 Å². The number of para-hydroxylation sites is 2. The van der Waals surface area contributed by atoms with Crippen LogP contribution in [0.15, 0.2) is 78.9 Å². The Labute approximate surface area is 164 Å². The van der Waals surface area contributed by atoms with Crippen LogP contribution in [0.4, 0.5) is 26.2 Å². The molecule has 5 heteroatoms. The van der Waals surface area contributed by atoms with Gasteiger partial charge in [-0.1, -0.05) is 36.4 Å². The van der Waals surface area contributed by atoms with E-state index in [0.717, 1.165) is 23.4 Å². The number of anilines is 3. The van der Waals surface area contributed by atoms with Crippen LogP contribution in [-0.4, -0.2) is 12.1 Å². The van der Waals surface area contributed by atoms with Crippen molar-refractivity contribution in [2.24, 2.45) is 0 Å². The summed E-state index contributed by atoms with van der Waals surface area (Å²) in [4.78, 5) is 14.8. The zero-order valence-electron chi connectivity index (χ0n) is 15.6. The van der Waals surface area contributed by atoms with E-state index < -0.39 is 0 Å². The Hall–Kier alpha value is -3.34. The number of halogens is 1. The third-order valence-electron chi connectivity index (χ3n) is 5.02. The Kier molecular flexibility index (Phi) is 4.98. The fraction of sp³-hybridized carbons (Fsp3) is 0.174. The van der Waals surface area contributed by atoms with Gasteiger partial charge in [0.25, 0.3) is 0 Å². The van der Waals surface area contributed by atoms with Crippen molar-refractivity contribution in [3.63, 3.8) is 0 Å². The van der Waals surface area contributed by atoms with Gasteiger partial charge >= 0.3 is 6.03 Å². The zero-order chi connectivity index (χ0) is 19.5. The summed E-state index contributed by atoms with van der Waals surface area (Å²) in [6.45, 7) is 2.04. The van der Waals surface area contributed by atoms with Gasteiger partial charge < -0.3 is 10.6 Å². The van der Waals surface area contributed by atoms with Crippen molar-refractivity contribution in [3.05, 3.63) is 90.2 Å². The highest BCUT2D eigenvalue weighted by atomic mass is 19.1. The van der Waals surface area contributed by atoms with Crippen molar-refractivity contribution in [2.45, 2.75) is 25.4 Å². The number of nitrogens with zero attached hydrogens (tertiary/aromatic N) is 1. The van der Waals surface area contributed by atoms with Crippen LogP contribution < -0.4 is 15.5 Å². The van der Waals surface area contributed by atoms with Crippen LogP contribution in [0.3, 0.4) is 0 Å². The largest absolute Gasteiger partial charge is 0.378 e. The summed E-state index contributed by atoms with van der Waals surface area (Å²) >= 11 is 0. The maximum Gasteiger partial charge on any atom is 0.326 e. The summed E-state index contributed by atoms with van der Waals surface area (Å²) in [7, 11) is 0. The lowest BCUT2D eigenvalue weighted by Gasteiger charge is -2.39. The zero-order valence-corrected chi connectivity index (χ0v) is 15.6. The standard InChI is InChI=1S/C23H22FN3O/c1-16-15-21(25-18-7-3-2-4-8-18)20-9-5-6-10-22(20)27(16)23(28)26-19-13-11-17(24)12-14-19/h2-14,16,21,25H,15H2,1H3,(H,26,28). The molecular formula is C23H22FN3O. The van der Waals surface area contributed by atoms with E-state index in [2.05, 4.69) is 16.7 Å². The predicted octanol–water partition coefficient (Wildman–Crippen LogP) is 5.81. The monoisotopic (exact) mass is 375 g/mol. The molecule has 142 valence electrons. The number of nitrogens with one attached hydrogen (secondary N) is 2. The number of amides is 2. The number of urea groups is 1. The van der Waals surface area contributed by atoms with Crippen molar-refractivity contribution in [1.29, 1.82) is 0 Å². The first-order chi connectivity index (χ1) is 13.6. The molecule has 28 heavy (non-hydrogen) atoms. The van der Waals surface area contributed by atoms with E-state index in [4.69, 9.17) is 0 Å². The first kappa shape index (κ1) is 18.0. The van der Waals surface area contributed by atoms with Crippen molar-refractivity contribution in [2.75, 3.05) is 15.5 Å². The molecule has 2 atom stereocenters. The van der Waals surface area contributed by atoms with Crippen LogP contribution in [0.1, 0.15) is 24.9 Å². The second-order valence-corrected chi connectivity index (χ2v) is 7.01. The molecule has 1 aliphatic heterocycles. The lowest BCUT2D eigenvalue weighted by atomic mass is 9.91. The summed E-state index contributed by atoms with van der Waals surface area (Å²) in [6.07, 6.45) is 0.781. The smallest absolute Gasteiger partial charge is 0.326 e. The minimum absolute atomic E-state index is 0.00318. The molecule has 2 unspecified atom stereocenters. The number of hydrogen-bond acceptors (Lipinski definition) is 2. The third kappa shape index (κ3) is 3.69. The number of carbonyl (C=O) groups excluding carboxylic acids is 1. The lowest BCUT2D eigenvalue weighted by molar-refractivity contribution is 0.254. The van der Waals surface area contributed by atoms with Crippen molar-refractivity contribution < 1.29 is 9.18 Å². The molecule has 4 rings (SSSR count). The molecule has 0 bridgehead atoms. The Balaban J connectivity index is 1.60. The van der Waals surface area contributed by atoms with Crippen LogP contribution in [0.5, 0.6) is 0 Å². The normalized spacial score (nSPS) is 18.3. The van der Waals surface area contributed by atoms with Crippen LogP contribution in [0.25, 0.3) is 0 Å². The molecule has 0 radical (unpaired) electrons. The molecule has 2 N–H and O–H groups in total. The molecule has 4 nitrogen and oxygen atoms in total. The van der Waals surface area contributed by atoms with E-state index in [0.29, 0.717) is 5.69 Å². The first-order valence-electron chi connectivity index (χ1n) is 9.38. The van der Waals surface area contributed by atoms with Crippen LogP contribution >= 0.6 is 0 Å². The second kappa shape index (κ2) is 7.72. The summed E-state index contributed by atoms with van der Waals surface area (Å²) in [5.41, 5.74) is 3.59. The summed E-state index contributed by atoms with van der Waals surface area (Å²) in [5.74, 6) is -0.329. The minimum Gasteiger partial charge on any atom is -0.378 e. The maximum atomic E-state index is 13.1. The van der Waals surface area contributed by atoms with Crippen LogP contribution in [0.2, 0.25) is 0 Å². The Morgan fingerprint density at radius 3 is 2.36 bits per heavy atom. The quantitative estimate of drug-likeness (QED) is 0.607. The van der Waals surface area contributed by atoms with E-state index in [-0.39, 0.29) is 23.9 Å². The van der Waals surface area contributed by atoms with Gasteiger partial charge in [0.05, 0.1) is 11.7 Å². The summed E-state index contributed by atoms with van der Waals surface area (Å²) in [5, 5.41) is 6.46. The first-order valence-corrected chi connectivity index (χ1v) is 9.38. The number of fused-ring (bicyclic) bond motifs is 1. The van der Waals surface area contributed by atoms with Gasteiger partial charge in [0.15, 0.2) is 0 Å². The molecule has 0 spiro atoms. The Bertz CT molecular complexity index is 959. The third-order valence-corrected chi connectivity index (χ3v) is 5.02. The molecule has 0 aliphatic carbocycles. The highest BCUT2D eigenvalue weighted by Gasteiger charge is 2.33. The average Bonchev–Trinajstić information content (AvgIpc) is 2.70. The number of carbonyl (C=O) groups is 1. The predicted molar refractivity (Wildman–Crippen MR) is 111 cm³/mol. The average molecular weight is 375 g/mol. The topological polar surface area (TPSA) is 44.4 Å². The molecule has 2 amide bonds. The second-order valence-electron chi connectivity index (χ2n) is 7.01. The van der Waals surface area contributed by atoms with Gasteiger partial charge in [-0.3, -0.25) is 4.90 Å². The van der Waals surface area contributed by atoms with Crippen LogP contribution in [-0.2, 0) is 0 Å². The van der Waals surface area contributed by atoms with E-state index >= 15 is 0 Å². The van der Waals surface area contributed by atoms with Gasteiger partial charge in [0, 0.05) is 17.4 Å². The maximum absolute atomic E-state index is 13.1. The van der Waals surface area contributed by atoms with Gasteiger partial charge in [0.1, 0.15) is 5.82 Å². The fourth-order valence-corrected chi connectivity index (χ4v) is 3.71. The molecular weight excluding hydrogens is 353 g/mol. The van der Waals surface area contributed by atoms with E-state index in [9.17, 15) is 9.18 Å². The molecule has 0 fully saturated rings. The van der Waals surface area contributed by atoms with Crippen molar-refractivity contribution in [3.8, 4) is 0 Å². The minimum atomic E-state index is -0.329. The van der Waals surface area contributed by atoms with E-state index in [1.165, 1.54) is 12.1 Å². The molecule has 0 saturated carbocycles.